The third-order valence-corrected chi connectivity index (χ3v) is 3.22. The van der Waals surface area contributed by atoms with E-state index in [-0.39, 0.29) is 43.3 Å². The van der Waals surface area contributed by atoms with Gasteiger partial charge in [-0.15, -0.1) is 36.4 Å². The molecule has 0 spiro atoms. The molecule has 1 aromatic rings. The lowest BCUT2D eigenvalue weighted by molar-refractivity contribution is -0.125. The first kappa shape index (κ1) is 20.7. The normalized spacial score (nSPS) is 14.2. The highest BCUT2D eigenvalue weighted by Gasteiger charge is 2.35. The van der Waals surface area contributed by atoms with E-state index >= 15 is 0 Å². The molecule has 1 aliphatic heterocycles. The van der Waals surface area contributed by atoms with Crippen LogP contribution >= 0.6 is 36.4 Å². The Balaban J connectivity index is 0.00000220. The number of alkyl halides is 1. The van der Waals surface area contributed by atoms with Gasteiger partial charge in [0.2, 0.25) is 0 Å². The molecule has 1 aromatic carbocycles. The maximum absolute atomic E-state index is 12.0. The summed E-state index contributed by atoms with van der Waals surface area (Å²) in [7, 11) is 0. The molecule has 1 saturated heterocycles. The number of imide groups is 1. The summed E-state index contributed by atoms with van der Waals surface area (Å²) >= 11 is 5.58. The zero-order valence-corrected chi connectivity index (χ0v) is 14.2. The molecule has 122 valence electrons. The first-order chi connectivity index (χ1) is 9.72. The van der Waals surface area contributed by atoms with Crippen molar-refractivity contribution in [3.8, 4) is 0 Å². The smallest absolute Gasteiger partial charge is 0.272 e. The second-order valence-electron chi connectivity index (χ2n) is 4.44. The Morgan fingerprint density at radius 3 is 2.45 bits per heavy atom. The average Bonchev–Trinajstić information content (AvgIpc) is 2.74. The molecule has 1 fully saturated rings. The molecule has 0 aromatic heterocycles. The largest absolute Gasteiger partial charge is 0.347 e. The van der Waals surface area contributed by atoms with E-state index in [1.54, 1.807) is 6.21 Å². The third kappa shape index (κ3) is 5.48. The molecule has 0 atom stereocenters. The number of urea groups is 1. The number of rotatable bonds is 6. The molecule has 5 nitrogen and oxygen atoms in total. The molecular formula is C14H18Cl3N3O2. The minimum Gasteiger partial charge on any atom is -0.272 e. The van der Waals surface area contributed by atoms with Gasteiger partial charge in [0.15, 0.2) is 0 Å². The van der Waals surface area contributed by atoms with E-state index < -0.39 is 0 Å². The summed E-state index contributed by atoms with van der Waals surface area (Å²) in [4.78, 5) is 25.0. The van der Waals surface area contributed by atoms with Gasteiger partial charge in [-0.25, -0.2) is 9.80 Å². The summed E-state index contributed by atoms with van der Waals surface area (Å²) in [5.74, 6) is 0.321. The quantitative estimate of drug-likeness (QED) is 0.336. The lowest BCUT2D eigenvalue weighted by Crippen LogP contribution is -2.32. The van der Waals surface area contributed by atoms with Crippen LogP contribution in [0.3, 0.4) is 0 Å². The van der Waals surface area contributed by atoms with E-state index in [0.717, 1.165) is 18.4 Å². The van der Waals surface area contributed by atoms with Gasteiger partial charge in [-0.05, 0) is 18.4 Å². The van der Waals surface area contributed by atoms with Crippen molar-refractivity contribution < 1.29 is 9.59 Å². The van der Waals surface area contributed by atoms with E-state index in [1.165, 1.54) is 9.91 Å². The maximum Gasteiger partial charge on any atom is 0.347 e. The van der Waals surface area contributed by atoms with Crippen LogP contribution in [0.5, 0.6) is 0 Å². The van der Waals surface area contributed by atoms with E-state index in [9.17, 15) is 9.59 Å². The van der Waals surface area contributed by atoms with Gasteiger partial charge in [0.25, 0.3) is 5.91 Å². The number of unbranched alkanes of at least 4 members (excludes halogenated alkanes) is 1. The lowest BCUT2D eigenvalue weighted by Gasteiger charge is -2.13. The first-order valence-electron chi connectivity index (χ1n) is 6.49. The van der Waals surface area contributed by atoms with Crippen LogP contribution < -0.4 is 0 Å². The van der Waals surface area contributed by atoms with Crippen molar-refractivity contribution >= 4 is 54.6 Å². The van der Waals surface area contributed by atoms with E-state index in [2.05, 4.69) is 5.10 Å². The SMILES string of the molecule is Cl.Cl.O=C1CN(/N=C/c2ccccc2)C(=O)N1CCCCCl. The standard InChI is InChI=1S/C14H16ClN3O2.2ClH/c15-8-4-5-9-17-13(19)11-18(14(17)20)16-10-12-6-2-1-3-7-12;;/h1-3,6-7,10H,4-5,8-9,11H2;2*1H/b16-10+;;. The highest BCUT2D eigenvalue weighted by atomic mass is 35.5. The van der Waals surface area contributed by atoms with Gasteiger partial charge in [-0.1, -0.05) is 30.3 Å². The van der Waals surface area contributed by atoms with Gasteiger partial charge < -0.3 is 0 Å². The molecule has 22 heavy (non-hydrogen) atoms. The van der Waals surface area contributed by atoms with Crippen LogP contribution in [-0.4, -0.2) is 47.0 Å². The van der Waals surface area contributed by atoms with Crippen molar-refractivity contribution in [3.63, 3.8) is 0 Å². The fourth-order valence-corrected chi connectivity index (χ4v) is 2.07. The number of amides is 3. The lowest BCUT2D eigenvalue weighted by atomic mass is 10.2. The molecule has 1 heterocycles. The van der Waals surface area contributed by atoms with Gasteiger partial charge in [-0.2, -0.15) is 5.10 Å². The minimum atomic E-state index is -0.364. The summed E-state index contributed by atoms with van der Waals surface area (Å²) in [5, 5.41) is 5.26. The van der Waals surface area contributed by atoms with Gasteiger partial charge in [0, 0.05) is 12.4 Å². The molecular weight excluding hydrogens is 349 g/mol. The van der Waals surface area contributed by atoms with Crippen LogP contribution in [0, 0.1) is 0 Å². The molecule has 0 radical (unpaired) electrons. The van der Waals surface area contributed by atoms with Crippen molar-refractivity contribution in [3.05, 3.63) is 35.9 Å². The molecule has 1 aliphatic rings. The molecule has 0 aliphatic carbocycles. The van der Waals surface area contributed by atoms with Crippen LogP contribution in [-0.2, 0) is 4.79 Å². The Labute approximate surface area is 147 Å². The Kier molecular flexibility index (Phi) is 9.81. The van der Waals surface area contributed by atoms with Crippen molar-refractivity contribution in [2.75, 3.05) is 19.0 Å². The Morgan fingerprint density at radius 1 is 1.14 bits per heavy atom. The number of carbonyl (C=O) groups excluding carboxylic acids is 2. The maximum atomic E-state index is 12.0. The molecule has 0 unspecified atom stereocenters. The summed E-state index contributed by atoms with van der Waals surface area (Å²) in [6.45, 7) is 0.408. The van der Waals surface area contributed by atoms with Gasteiger partial charge in [-0.3, -0.25) is 9.69 Å². The topological polar surface area (TPSA) is 53.0 Å². The molecule has 0 bridgehead atoms. The van der Waals surface area contributed by atoms with E-state index in [1.807, 2.05) is 30.3 Å². The van der Waals surface area contributed by atoms with E-state index in [4.69, 9.17) is 11.6 Å². The summed E-state index contributed by atoms with van der Waals surface area (Å²) in [6, 6.07) is 9.07. The Hall–Kier alpha value is -1.30. The Morgan fingerprint density at radius 2 is 1.82 bits per heavy atom. The number of hydrazone groups is 1. The van der Waals surface area contributed by atoms with Gasteiger partial charge in [0.05, 0.1) is 6.21 Å². The van der Waals surface area contributed by atoms with Crippen LogP contribution in [0.25, 0.3) is 0 Å². The Bertz CT molecular complexity index is 511. The number of benzene rings is 1. The number of carbonyl (C=O) groups is 2. The average molecular weight is 367 g/mol. The zero-order valence-electron chi connectivity index (χ0n) is 11.9. The van der Waals surface area contributed by atoms with Crippen molar-refractivity contribution in [1.29, 1.82) is 0 Å². The number of hydrogen-bond donors (Lipinski definition) is 0. The summed E-state index contributed by atoms with van der Waals surface area (Å²) < 4.78 is 0. The fraction of sp³-hybridized carbons (Fsp3) is 0.357. The molecule has 8 heteroatoms. The van der Waals surface area contributed by atoms with Crippen molar-refractivity contribution in [1.82, 2.24) is 9.91 Å². The highest BCUT2D eigenvalue weighted by Crippen LogP contribution is 2.12. The molecule has 2 rings (SSSR count). The van der Waals surface area contributed by atoms with E-state index in [0.29, 0.717) is 12.4 Å². The predicted octanol–water partition coefficient (Wildman–Crippen LogP) is 3.15. The third-order valence-electron chi connectivity index (χ3n) is 2.95. The molecule has 0 N–H and O–H groups in total. The second-order valence-corrected chi connectivity index (χ2v) is 4.81. The van der Waals surface area contributed by atoms with Crippen molar-refractivity contribution in [2.45, 2.75) is 12.8 Å². The summed E-state index contributed by atoms with van der Waals surface area (Å²) in [6.07, 6.45) is 3.08. The van der Waals surface area contributed by atoms with Crippen LogP contribution in [0.15, 0.2) is 35.4 Å². The van der Waals surface area contributed by atoms with Crippen LogP contribution in [0.4, 0.5) is 4.79 Å². The summed E-state index contributed by atoms with van der Waals surface area (Å²) in [5.41, 5.74) is 0.883. The second kappa shape index (κ2) is 10.4. The zero-order chi connectivity index (χ0) is 14.4. The van der Waals surface area contributed by atoms with Crippen LogP contribution in [0.1, 0.15) is 18.4 Å². The van der Waals surface area contributed by atoms with Crippen LogP contribution in [0.2, 0.25) is 0 Å². The molecule has 0 saturated carbocycles. The highest BCUT2D eigenvalue weighted by molar-refractivity contribution is 6.17. The van der Waals surface area contributed by atoms with Gasteiger partial charge >= 0.3 is 6.03 Å². The predicted molar refractivity (Wildman–Crippen MR) is 92.3 cm³/mol. The fourth-order valence-electron chi connectivity index (χ4n) is 1.88. The van der Waals surface area contributed by atoms with Gasteiger partial charge in [0.1, 0.15) is 6.54 Å². The number of nitrogens with zero attached hydrogens (tertiary/aromatic N) is 3. The monoisotopic (exact) mass is 365 g/mol. The number of hydrogen-bond acceptors (Lipinski definition) is 3. The van der Waals surface area contributed by atoms with Crippen molar-refractivity contribution in [2.24, 2.45) is 5.10 Å². The number of halogens is 3. The minimum absolute atomic E-state index is 0. The first-order valence-corrected chi connectivity index (χ1v) is 7.02. The molecule has 3 amide bonds.